The Morgan fingerprint density at radius 1 is 1.31 bits per heavy atom. The molecule has 0 saturated carbocycles. The molecule has 2 aromatic heterocycles. The van der Waals surface area contributed by atoms with Crippen molar-refractivity contribution in [2.75, 3.05) is 18.9 Å². The fourth-order valence-corrected chi connectivity index (χ4v) is 3.97. The lowest BCUT2D eigenvalue weighted by Gasteiger charge is -2.20. The van der Waals surface area contributed by atoms with Crippen LogP contribution < -0.4 is 10.5 Å². The highest BCUT2D eigenvalue weighted by Gasteiger charge is 2.39. The van der Waals surface area contributed by atoms with Gasteiger partial charge in [-0.1, -0.05) is 11.6 Å². The van der Waals surface area contributed by atoms with Gasteiger partial charge in [0.15, 0.2) is 0 Å². The molecular formula is C20H16ClF4N5O2. The van der Waals surface area contributed by atoms with Gasteiger partial charge in [-0.3, -0.25) is 4.57 Å². The summed E-state index contributed by atoms with van der Waals surface area (Å²) < 4.78 is 63.3. The number of hydrogen-bond donors (Lipinski definition) is 1. The molecule has 2 N–H and O–H groups in total. The van der Waals surface area contributed by atoms with Crippen molar-refractivity contribution in [3.8, 4) is 17.0 Å². The van der Waals surface area contributed by atoms with Crippen LogP contribution >= 0.6 is 11.6 Å². The summed E-state index contributed by atoms with van der Waals surface area (Å²) in [7, 11) is 0. The molecule has 3 heterocycles. The number of ether oxygens (including phenoxy) is 1. The second kappa shape index (κ2) is 7.97. The average molecular weight is 470 g/mol. The van der Waals surface area contributed by atoms with Crippen molar-refractivity contribution in [1.82, 2.24) is 19.4 Å². The average Bonchev–Trinajstić information content (AvgIpc) is 3.13. The number of aryl methyl sites for hydroxylation is 1. The molecule has 3 aromatic rings. The van der Waals surface area contributed by atoms with Gasteiger partial charge in [0.1, 0.15) is 30.3 Å². The number of benzene rings is 1. The van der Waals surface area contributed by atoms with E-state index >= 15 is 4.39 Å². The lowest BCUT2D eigenvalue weighted by Crippen LogP contribution is -2.35. The second-order valence-corrected chi connectivity index (χ2v) is 7.52. The fourth-order valence-electron chi connectivity index (χ4n) is 3.62. The Kier molecular flexibility index (Phi) is 5.45. The Morgan fingerprint density at radius 3 is 2.72 bits per heavy atom. The maximum atomic E-state index is 15.2. The number of alkyl halides is 3. The summed E-state index contributed by atoms with van der Waals surface area (Å²) in [4.78, 5) is 21.6. The van der Waals surface area contributed by atoms with Gasteiger partial charge in [0.25, 0.3) is 0 Å². The Balaban J connectivity index is 1.83. The van der Waals surface area contributed by atoms with Gasteiger partial charge in [0, 0.05) is 18.0 Å². The minimum Gasteiger partial charge on any atom is -0.490 e. The van der Waals surface area contributed by atoms with Gasteiger partial charge in [-0.25, -0.2) is 19.2 Å². The molecule has 0 aliphatic carbocycles. The predicted octanol–water partition coefficient (Wildman–Crippen LogP) is 4.51. The minimum atomic E-state index is -4.82. The zero-order chi connectivity index (χ0) is 23.2. The number of anilines is 1. The summed E-state index contributed by atoms with van der Waals surface area (Å²) in [6.07, 6.45) is -0.615. The molecule has 32 heavy (non-hydrogen) atoms. The third-order valence-corrected chi connectivity index (χ3v) is 5.33. The molecule has 1 aliphatic rings. The Bertz CT molecular complexity index is 1200. The van der Waals surface area contributed by atoms with Gasteiger partial charge >= 0.3 is 12.2 Å². The van der Waals surface area contributed by atoms with Crippen LogP contribution in [0.25, 0.3) is 11.3 Å². The van der Waals surface area contributed by atoms with E-state index in [1.165, 1.54) is 35.1 Å². The molecule has 168 valence electrons. The summed E-state index contributed by atoms with van der Waals surface area (Å²) in [5, 5.41) is -0.375. The van der Waals surface area contributed by atoms with E-state index in [1.807, 2.05) is 0 Å². The van der Waals surface area contributed by atoms with Gasteiger partial charge in [0.2, 0.25) is 0 Å². The smallest absolute Gasteiger partial charge is 0.418 e. The van der Waals surface area contributed by atoms with Crippen LogP contribution in [0.1, 0.15) is 16.7 Å². The van der Waals surface area contributed by atoms with Gasteiger partial charge < -0.3 is 15.4 Å². The molecule has 1 aromatic carbocycles. The van der Waals surface area contributed by atoms with E-state index < -0.39 is 34.8 Å². The summed E-state index contributed by atoms with van der Waals surface area (Å²) in [5.74, 6) is -1.27. The zero-order valence-electron chi connectivity index (χ0n) is 16.6. The number of pyridine rings is 1. The predicted molar refractivity (Wildman–Crippen MR) is 108 cm³/mol. The molecule has 0 unspecified atom stereocenters. The lowest BCUT2D eigenvalue weighted by molar-refractivity contribution is -0.137. The minimum absolute atomic E-state index is 0.00621. The van der Waals surface area contributed by atoms with Gasteiger partial charge in [-0.15, -0.1) is 0 Å². The van der Waals surface area contributed by atoms with Crippen LogP contribution in [0.4, 0.5) is 28.2 Å². The molecule has 0 bridgehead atoms. The zero-order valence-corrected chi connectivity index (χ0v) is 17.3. The van der Waals surface area contributed by atoms with Crippen molar-refractivity contribution >= 4 is 23.4 Å². The van der Waals surface area contributed by atoms with Crippen LogP contribution in [0.5, 0.6) is 5.75 Å². The standard InChI is InChI=1S/C20H16ClF4N5O2/c1-10-6-13(26)28-17(15(10)20(23,24)25)14-12(22)7-11-8-29(4-5-32-18(11)16(14)21)19(31)30-3-2-27-9-30/h2-3,6-7,9H,4-5,8H2,1H3,(H2,26,28). The van der Waals surface area contributed by atoms with Crippen LogP contribution in [0.2, 0.25) is 5.02 Å². The molecule has 1 amide bonds. The first-order valence-electron chi connectivity index (χ1n) is 9.33. The number of imidazole rings is 1. The van der Waals surface area contributed by atoms with E-state index in [2.05, 4.69) is 9.97 Å². The van der Waals surface area contributed by atoms with Crippen LogP contribution in [-0.4, -0.2) is 38.6 Å². The summed E-state index contributed by atoms with van der Waals surface area (Å²) in [6.45, 7) is 1.27. The van der Waals surface area contributed by atoms with E-state index in [-0.39, 0.29) is 47.4 Å². The quantitative estimate of drug-likeness (QED) is 0.530. The maximum absolute atomic E-state index is 15.2. The number of carbonyl (C=O) groups excluding carboxylic acids is 1. The molecule has 0 fully saturated rings. The molecule has 0 radical (unpaired) electrons. The van der Waals surface area contributed by atoms with E-state index in [4.69, 9.17) is 22.1 Å². The molecule has 0 spiro atoms. The van der Waals surface area contributed by atoms with E-state index in [9.17, 15) is 18.0 Å². The number of rotatable bonds is 1. The number of halogens is 5. The third kappa shape index (κ3) is 3.83. The van der Waals surface area contributed by atoms with Crippen molar-refractivity contribution in [3.05, 3.63) is 58.4 Å². The molecule has 7 nitrogen and oxygen atoms in total. The van der Waals surface area contributed by atoms with Gasteiger partial charge in [-0.05, 0) is 24.6 Å². The second-order valence-electron chi connectivity index (χ2n) is 7.14. The number of nitrogens with two attached hydrogens (primary N) is 1. The fraction of sp³-hybridized carbons (Fsp3) is 0.250. The number of fused-ring (bicyclic) bond motifs is 1. The monoisotopic (exact) mass is 469 g/mol. The Morgan fingerprint density at radius 2 is 2.06 bits per heavy atom. The highest BCUT2D eigenvalue weighted by atomic mass is 35.5. The highest BCUT2D eigenvalue weighted by Crippen LogP contribution is 2.46. The highest BCUT2D eigenvalue weighted by molar-refractivity contribution is 6.35. The van der Waals surface area contributed by atoms with E-state index in [0.29, 0.717) is 0 Å². The van der Waals surface area contributed by atoms with E-state index in [1.54, 1.807) is 0 Å². The van der Waals surface area contributed by atoms with Crippen LogP contribution in [-0.2, 0) is 12.7 Å². The lowest BCUT2D eigenvalue weighted by atomic mass is 9.98. The van der Waals surface area contributed by atoms with Crippen molar-refractivity contribution in [3.63, 3.8) is 0 Å². The SMILES string of the molecule is Cc1cc(N)nc(-c2c(F)cc3c(c2Cl)OCCN(C(=O)n2ccnc2)C3)c1C(F)(F)F. The molecule has 1 aliphatic heterocycles. The normalized spacial score (nSPS) is 14.0. The maximum Gasteiger partial charge on any atom is 0.418 e. The molecule has 0 atom stereocenters. The number of carbonyl (C=O) groups is 1. The van der Waals surface area contributed by atoms with Crippen molar-refractivity contribution in [2.45, 2.75) is 19.6 Å². The summed E-state index contributed by atoms with van der Waals surface area (Å²) in [5.41, 5.74) is 3.20. The van der Waals surface area contributed by atoms with Crippen LogP contribution in [0.3, 0.4) is 0 Å². The molecule has 4 rings (SSSR count). The molecular weight excluding hydrogens is 454 g/mol. The third-order valence-electron chi connectivity index (χ3n) is 4.97. The van der Waals surface area contributed by atoms with Crippen LogP contribution in [0, 0.1) is 12.7 Å². The topological polar surface area (TPSA) is 86.3 Å². The molecule has 12 heteroatoms. The van der Waals surface area contributed by atoms with E-state index in [0.717, 1.165) is 12.1 Å². The van der Waals surface area contributed by atoms with Crippen molar-refractivity contribution in [1.29, 1.82) is 0 Å². The van der Waals surface area contributed by atoms with Crippen molar-refractivity contribution < 1.29 is 27.1 Å². The van der Waals surface area contributed by atoms with Gasteiger partial charge in [-0.2, -0.15) is 13.2 Å². The molecule has 0 saturated heterocycles. The summed E-state index contributed by atoms with van der Waals surface area (Å²) in [6, 6.07) is 1.63. The Hall–Kier alpha value is -3.34. The number of nitrogens with zero attached hydrogens (tertiary/aromatic N) is 4. The Labute approximate surface area is 184 Å². The largest absolute Gasteiger partial charge is 0.490 e. The van der Waals surface area contributed by atoms with Gasteiger partial charge in [0.05, 0.1) is 34.9 Å². The number of amides is 1. The first kappa shape index (κ1) is 21.9. The number of hydrogen-bond acceptors (Lipinski definition) is 5. The number of nitrogen functional groups attached to an aromatic ring is 1. The number of aromatic nitrogens is 3. The van der Waals surface area contributed by atoms with Crippen LogP contribution in [0.15, 0.2) is 30.9 Å². The summed E-state index contributed by atoms with van der Waals surface area (Å²) >= 11 is 6.36. The van der Waals surface area contributed by atoms with Crippen molar-refractivity contribution in [2.24, 2.45) is 0 Å². The first-order chi connectivity index (χ1) is 15.1. The first-order valence-corrected chi connectivity index (χ1v) is 9.71.